The van der Waals surface area contributed by atoms with Crippen molar-refractivity contribution in [3.63, 3.8) is 0 Å². The monoisotopic (exact) mass is 290 g/mol. The third-order valence-electron chi connectivity index (χ3n) is 2.75. The number of likely N-dealkylation sites (N-methyl/N-ethyl adjacent to an activating group) is 1. The first-order valence-electron chi connectivity index (χ1n) is 6.28. The Balaban J connectivity index is 1.83. The summed E-state index contributed by atoms with van der Waals surface area (Å²) in [5.74, 6) is -0.0335. The molecule has 0 fully saturated rings. The molecule has 0 radical (unpaired) electrons. The van der Waals surface area contributed by atoms with Crippen LogP contribution in [0, 0.1) is 6.92 Å². The molecule has 0 unspecified atom stereocenters. The molecule has 0 saturated carbocycles. The Kier molecular flexibility index (Phi) is 4.70. The first kappa shape index (κ1) is 14.5. The molecule has 106 valence electrons. The van der Waals surface area contributed by atoms with E-state index in [0.717, 1.165) is 10.6 Å². The van der Waals surface area contributed by atoms with Gasteiger partial charge in [-0.2, -0.15) is 0 Å². The molecule has 2 rings (SSSR count). The molecular formula is C14H18N4OS. The van der Waals surface area contributed by atoms with Gasteiger partial charge in [0, 0.05) is 23.3 Å². The van der Waals surface area contributed by atoms with Crippen LogP contribution in [-0.2, 0) is 11.3 Å². The van der Waals surface area contributed by atoms with Gasteiger partial charge >= 0.3 is 0 Å². The number of hydrogen-bond donors (Lipinski definition) is 2. The molecule has 20 heavy (non-hydrogen) atoms. The number of rotatable bonds is 5. The molecule has 1 aromatic carbocycles. The van der Waals surface area contributed by atoms with Crippen LogP contribution in [0.2, 0.25) is 0 Å². The molecule has 3 N–H and O–H groups in total. The minimum absolute atomic E-state index is 0.0335. The number of thiazole rings is 1. The summed E-state index contributed by atoms with van der Waals surface area (Å²) in [6, 6.07) is 7.74. The Hall–Kier alpha value is -1.92. The van der Waals surface area contributed by atoms with E-state index in [9.17, 15) is 4.79 Å². The van der Waals surface area contributed by atoms with Crippen LogP contribution in [0.4, 0.5) is 10.8 Å². The van der Waals surface area contributed by atoms with E-state index in [1.165, 1.54) is 16.9 Å². The summed E-state index contributed by atoms with van der Waals surface area (Å²) < 4.78 is 0. The van der Waals surface area contributed by atoms with Crippen LogP contribution < -0.4 is 11.1 Å². The number of benzene rings is 1. The average Bonchev–Trinajstić information content (AvgIpc) is 2.77. The number of aromatic nitrogens is 1. The van der Waals surface area contributed by atoms with E-state index in [1.54, 1.807) is 6.20 Å². The number of nitrogens with one attached hydrogen (secondary N) is 1. The van der Waals surface area contributed by atoms with Crippen molar-refractivity contribution in [2.75, 3.05) is 24.6 Å². The molecule has 0 atom stereocenters. The molecule has 0 aliphatic carbocycles. The molecular weight excluding hydrogens is 272 g/mol. The SMILES string of the molecule is Cc1ccc(NC(=O)CN(C)Cc2cnc(N)s2)cc1. The number of nitrogens with two attached hydrogens (primary N) is 1. The zero-order chi connectivity index (χ0) is 14.5. The van der Waals surface area contributed by atoms with Crippen molar-refractivity contribution in [1.82, 2.24) is 9.88 Å². The lowest BCUT2D eigenvalue weighted by Crippen LogP contribution is -2.29. The average molecular weight is 290 g/mol. The van der Waals surface area contributed by atoms with Crippen molar-refractivity contribution < 1.29 is 4.79 Å². The molecule has 1 amide bonds. The standard InChI is InChI=1S/C14H18N4OS/c1-10-3-5-11(6-4-10)17-13(19)9-18(2)8-12-7-16-14(15)20-12/h3-7H,8-9H2,1-2H3,(H2,15,16)(H,17,19). The Labute approximate surface area is 122 Å². The number of carbonyl (C=O) groups is 1. The summed E-state index contributed by atoms with van der Waals surface area (Å²) in [6.45, 7) is 3.00. The predicted molar refractivity (Wildman–Crippen MR) is 82.7 cm³/mol. The van der Waals surface area contributed by atoms with Crippen molar-refractivity contribution in [3.05, 3.63) is 40.9 Å². The minimum atomic E-state index is -0.0335. The number of carbonyl (C=O) groups excluding carboxylic acids is 1. The van der Waals surface area contributed by atoms with Crippen LogP contribution in [0.25, 0.3) is 0 Å². The fourth-order valence-electron chi connectivity index (χ4n) is 1.80. The minimum Gasteiger partial charge on any atom is -0.375 e. The highest BCUT2D eigenvalue weighted by Gasteiger charge is 2.09. The largest absolute Gasteiger partial charge is 0.375 e. The molecule has 0 bridgehead atoms. The summed E-state index contributed by atoms with van der Waals surface area (Å²) >= 11 is 1.44. The van der Waals surface area contributed by atoms with Gasteiger partial charge in [0.2, 0.25) is 5.91 Å². The lowest BCUT2D eigenvalue weighted by Gasteiger charge is -2.15. The van der Waals surface area contributed by atoms with E-state index in [2.05, 4.69) is 10.3 Å². The summed E-state index contributed by atoms with van der Waals surface area (Å²) in [5, 5.41) is 3.43. The summed E-state index contributed by atoms with van der Waals surface area (Å²) in [5.41, 5.74) is 7.56. The van der Waals surface area contributed by atoms with Gasteiger partial charge in [-0.15, -0.1) is 11.3 Å². The highest BCUT2D eigenvalue weighted by molar-refractivity contribution is 7.15. The van der Waals surface area contributed by atoms with Crippen molar-refractivity contribution in [2.24, 2.45) is 0 Å². The highest BCUT2D eigenvalue weighted by atomic mass is 32.1. The number of anilines is 2. The first-order chi connectivity index (χ1) is 9.52. The fourth-order valence-corrected chi connectivity index (χ4v) is 2.56. The van der Waals surface area contributed by atoms with Crippen molar-refractivity contribution in [1.29, 1.82) is 0 Å². The highest BCUT2D eigenvalue weighted by Crippen LogP contribution is 2.16. The number of aryl methyl sites for hydroxylation is 1. The van der Waals surface area contributed by atoms with Crippen molar-refractivity contribution in [3.8, 4) is 0 Å². The zero-order valence-corrected chi connectivity index (χ0v) is 12.4. The smallest absolute Gasteiger partial charge is 0.238 e. The lowest BCUT2D eigenvalue weighted by molar-refractivity contribution is -0.117. The van der Waals surface area contributed by atoms with Crippen LogP contribution in [0.5, 0.6) is 0 Å². The normalized spacial score (nSPS) is 10.8. The molecule has 0 aliphatic rings. The van der Waals surface area contributed by atoms with Gasteiger partial charge in [0.15, 0.2) is 5.13 Å². The second-order valence-corrected chi connectivity index (χ2v) is 5.90. The topological polar surface area (TPSA) is 71.2 Å². The van der Waals surface area contributed by atoms with Crippen LogP contribution in [-0.4, -0.2) is 29.4 Å². The van der Waals surface area contributed by atoms with Gasteiger partial charge in [-0.1, -0.05) is 17.7 Å². The molecule has 2 aromatic rings. The third-order valence-corrected chi connectivity index (χ3v) is 3.56. The summed E-state index contributed by atoms with van der Waals surface area (Å²) in [4.78, 5) is 18.9. The Bertz CT molecular complexity index is 579. The van der Waals surface area contributed by atoms with Gasteiger partial charge < -0.3 is 11.1 Å². The maximum absolute atomic E-state index is 11.9. The van der Waals surface area contributed by atoms with E-state index in [0.29, 0.717) is 18.2 Å². The van der Waals surface area contributed by atoms with E-state index in [-0.39, 0.29) is 5.91 Å². The lowest BCUT2D eigenvalue weighted by atomic mass is 10.2. The van der Waals surface area contributed by atoms with E-state index >= 15 is 0 Å². The Morgan fingerprint density at radius 3 is 2.70 bits per heavy atom. The van der Waals surface area contributed by atoms with E-state index in [4.69, 9.17) is 5.73 Å². The molecule has 1 aromatic heterocycles. The maximum atomic E-state index is 11.9. The summed E-state index contributed by atoms with van der Waals surface area (Å²) in [7, 11) is 1.89. The van der Waals surface area contributed by atoms with E-state index in [1.807, 2.05) is 43.1 Å². The van der Waals surface area contributed by atoms with Gasteiger partial charge in [0.1, 0.15) is 0 Å². The van der Waals surface area contributed by atoms with E-state index < -0.39 is 0 Å². The third kappa shape index (κ3) is 4.32. The Morgan fingerprint density at radius 1 is 1.40 bits per heavy atom. The Morgan fingerprint density at radius 2 is 2.10 bits per heavy atom. The zero-order valence-electron chi connectivity index (χ0n) is 11.6. The summed E-state index contributed by atoms with van der Waals surface area (Å²) in [6.07, 6.45) is 1.74. The van der Waals surface area contributed by atoms with Crippen molar-refractivity contribution in [2.45, 2.75) is 13.5 Å². The van der Waals surface area contributed by atoms with Gasteiger partial charge in [-0.05, 0) is 26.1 Å². The second kappa shape index (κ2) is 6.49. The molecule has 6 heteroatoms. The number of nitrogen functional groups attached to an aromatic ring is 1. The molecule has 0 saturated heterocycles. The van der Waals surface area contributed by atoms with Crippen LogP contribution >= 0.6 is 11.3 Å². The van der Waals surface area contributed by atoms with Gasteiger partial charge in [-0.25, -0.2) is 4.98 Å². The number of amides is 1. The van der Waals surface area contributed by atoms with Gasteiger partial charge in [0.25, 0.3) is 0 Å². The molecule has 0 aliphatic heterocycles. The number of nitrogens with zero attached hydrogens (tertiary/aromatic N) is 2. The van der Waals surface area contributed by atoms with Crippen LogP contribution in [0.1, 0.15) is 10.4 Å². The van der Waals surface area contributed by atoms with Crippen LogP contribution in [0.3, 0.4) is 0 Å². The van der Waals surface area contributed by atoms with Crippen LogP contribution in [0.15, 0.2) is 30.5 Å². The molecule has 5 nitrogen and oxygen atoms in total. The quantitative estimate of drug-likeness (QED) is 0.884. The fraction of sp³-hybridized carbons (Fsp3) is 0.286. The van der Waals surface area contributed by atoms with Crippen molar-refractivity contribution >= 4 is 28.1 Å². The predicted octanol–water partition coefficient (Wildman–Crippen LogP) is 2.10. The first-order valence-corrected chi connectivity index (χ1v) is 7.10. The number of hydrogen-bond acceptors (Lipinski definition) is 5. The maximum Gasteiger partial charge on any atom is 0.238 e. The van der Waals surface area contributed by atoms with Gasteiger partial charge in [-0.3, -0.25) is 9.69 Å². The van der Waals surface area contributed by atoms with Gasteiger partial charge in [0.05, 0.1) is 6.54 Å². The second-order valence-electron chi connectivity index (χ2n) is 4.75. The molecule has 0 spiro atoms. The molecule has 1 heterocycles.